The summed E-state index contributed by atoms with van der Waals surface area (Å²) in [5.41, 5.74) is 0. The molecule has 5 aliphatic rings. The van der Waals surface area contributed by atoms with Gasteiger partial charge in [0.1, 0.15) is 0 Å². The zero-order chi connectivity index (χ0) is 12.8. The molecule has 0 aromatic heterocycles. The molecule has 1 atom stereocenters. The van der Waals surface area contributed by atoms with Gasteiger partial charge in [0, 0.05) is 12.6 Å². The van der Waals surface area contributed by atoms with Crippen LogP contribution >= 0.6 is 0 Å². The summed E-state index contributed by atoms with van der Waals surface area (Å²) in [7, 11) is 2.11. The molecule has 4 bridgehead atoms. The Bertz CT molecular complexity index is 297. The van der Waals surface area contributed by atoms with Crippen molar-refractivity contribution in [2.24, 2.45) is 29.6 Å². The van der Waals surface area contributed by atoms with E-state index in [1.807, 2.05) is 0 Å². The first kappa shape index (κ1) is 12.6. The summed E-state index contributed by atoms with van der Waals surface area (Å²) in [4.78, 5) is 2.93. The zero-order valence-corrected chi connectivity index (χ0v) is 12.5. The second-order valence-corrected chi connectivity index (χ2v) is 7.98. The number of hydrogen-bond acceptors (Lipinski definition) is 2. The van der Waals surface area contributed by atoms with Crippen molar-refractivity contribution >= 4 is 0 Å². The monoisotopic (exact) mass is 262 g/mol. The quantitative estimate of drug-likeness (QED) is 0.841. The van der Waals surface area contributed by atoms with E-state index in [2.05, 4.69) is 17.3 Å². The normalized spacial score (nSPS) is 49.7. The molecule has 5 fully saturated rings. The molecule has 0 aromatic rings. The lowest BCUT2D eigenvalue weighted by Crippen LogP contribution is -2.58. The first-order valence-corrected chi connectivity index (χ1v) is 8.72. The van der Waals surface area contributed by atoms with Gasteiger partial charge in [-0.2, -0.15) is 0 Å². The topological polar surface area (TPSA) is 15.3 Å². The molecule has 0 spiro atoms. The highest BCUT2D eigenvalue weighted by atomic mass is 15.2. The highest BCUT2D eigenvalue weighted by molar-refractivity contribution is 5.02. The summed E-state index contributed by atoms with van der Waals surface area (Å²) >= 11 is 0. The van der Waals surface area contributed by atoms with E-state index in [4.69, 9.17) is 0 Å². The molecule has 4 saturated carbocycles. The SMILES string of the molecule is CNCC1CCCN(C2C3CC4CC(C3)CC2C4)C1. The van der Waals surface area contributed by atoms with E-state index in [0.717, 1.165) is 35.6 Å². The van der Waals surface area contributed by atoms with Crippen LogP contribution < -0.4 is 5.32 Å². The Morgan fingerprint density at radius 1 is 1.00 bits per heavy atom. The minimum absolute atomic E-state index is 0.913. The second-order valence-electron chi connectivity index (χ2n) is 7.98. The molecule has 2 nitrogen and oxygen atoms in total. The summed E-state index contributed by atoms with van der Waals surface area (Å²) in [5, 5.41) is 3.40. The van der Waals surface area contributed by atoms with Crippen LogP contribution in [0.25, 0.3) is 0 Å². The van der Waals surface area contributed by atoms with Crippen LogP contribution in [-0.4, -0.2) is 37.6 Å². The maximum Gasteiger partial charge on any atom is 0.0152 e. The highest BCUT2D eigenvalue weighted by Crippen LogP contribution is 2.55. The van der Waals surface area contributed by atoms with Crippen molar-refractivity contribution in [1.29, 1.82) is 0 Å². The van der Waals surface area contributed by atoms with Gasteiger partial charge in [0.2, 0.25) is 0 Å². The summed E-state index contributed by atoms with van der Waals surface area (Å²) in [6.45, 7) is 4.00. The standard InChI is InChI=1S/C17H30N2/c1-18-10-12-3-2-4-19(11-12)17-15-6-13-5-14(8-15)9-16(17)7-13/h12-18H,2-11H2,1H3. The number of rotatable bonds is 3. The number of nitrogens with one attached hydrogen (secondary N) is 1. The number of likely N-dealkylation sites (tertiary alicyclic amines) is 1. The molecular weight excluding hydrogens is 232 g/mol. The Morgan fingerprint density at radius 3 is 2.32 bits per heavy atom. The van der Waals surface area contributed by atoms with Crippen LogP contribution in [0.15, 0.2) is 0 Å². The lowest BCUT2D eigenvalue weighted by Gasteiger charge is -2.58. The van der Waals surface area contributed by atoms with Gasteiger partial charge in [0.25, 0.3) is 0 Å². The summed E-state index contributed by atoms with van der Waals surface area (Å²) in [6, 6.07) is 0.979. The maximum absolute atomic E-state index is 3.40. The first-order chi connectivity index (χ1) is 9.33. The average Bonchev–Trinajstić information content (AvgIpc) is 2.38. The Labute approximate surface area is 118 Å². The van der Waals surface area contributed by atoms with Crippen molar-refractivity contribution < 1.29 is 0 Å². The summed E-state index contributed by atoms with van der Waals surface area (Å²) in [5.74, 6) is 5.30. The van der Waals surface area contributed by atoms with Crippen LogP contribution in [0.4, 0.5) is 0 Å². The van der Waals surface area contributed by atoms with Gasteiger partial charge in [-0.15, -0.1) is 0 Å². The largest absolute Gasteiger partial charge is 0.319 e. The molecule has 0 radical (unpaired) electrons. The molecule has 1 N–H and O–H groups in total. The summed E-state index contributed by atoms with van der Waals surface area (Å²) < 4.78 is 0. The van der Waals surface area contributed by atoms with Crippen molar-refractivity contribution in [3.8, 4) is 0 Å². The Hall–Kier alpha value is -0.0800. The number of nitrogens with zero attached hydrogens (tertiary/aromatic N) is 1. The molecule has 108 valence electrons. The van der Waals surface area contributed by atoms with Crippen molar-refractivity contribution in [2.45, 2.75) is 51.0 Å². The van der Waals surface area contributed by atoms with E-state index < -0.39 is 0 Å². The third-order valence-corrected chi connectivity index (χ3v) is 6.64. The minimum Gasteiger partial charge on any atom is -0.319 e. The lowest BCUT2D eigenvalue weighted by molar-refractivity contribution is -0.0756. The molecule has 1 aliphatic heterocycles. The van der Waals surface area contributed by atoms with E-state index in [9.17, 15) is 0 Å². The molecule has 5 rings (SSSR count). The Morgan fingerprint density at radius 2 is 1.68 bits per heavy atom. The van der Waals surface area contributed by atoms with E-state index in [1.165, 1.54) is 32.5 Å². The van der Waals surface area contributed by atoms with Crippen LogP contribution in [0.5, 0.6) is 0 Å². The molecule has 0 aromatic carbocycles. The van der Waals surface area contributed by atoms with Crippen molar-refractivity contribution in [2.75, 3.05) is 26.7 Å². The van der Waals surface area contributed by atoms with Crippen LogP contribution in [0.2, 0.25) is 0 Å². The fourth-order valence-corrected chi connectivity index (χ4v) is 6.32. The zero-order valence-electron chi connectivity index (χ0n) is 12.5. The number of hydrogen-bond donors (Lipinski definition) is 1. The highest BCUT2D eigenvalue weighted by Gasteiger charge is 2.50. The van der Waals surface area contributed by atoms with E-state index in [-0.39, 0.29) is 0 Å². The van der Waals surface area contributed by atoms with E-state index in [0.29, 0.717) is 0 Å². The molecule has 1 heterocycles. The van der Waals surface area contributed by atoms with Gasteiger partial charge in [0.15, 0.2) is 0 Å². The van der Waals surface area contributed by atoms with Gasteiger partial charge in [-0.1, -0.05) is 0 Å². The van der Waals surface area contributed by atoms with Crippen LogP contribution in [0.1, 0.15) is 44.9 Å². The van der Waals surface area contributed by atoms with Gasteiger partial charge >= 0.3 is 0 Å². The van der Waals surface area contributed by atoms with Gasteiger partial charge in [-0.25, -0.2) is 0 Å². The predicted molar refractivity (Wildman–Crippen MR) is 79.1 cm³/mol. The van der Waals surface area contributed by atoms with Gasteiger partial charge in [-0.3, -0.25) is 4.90 Å². The molecule has 19 heavy (non-hydrogen) atoms. The summed E-state index contributed by atoms with van der Waals surface area (Å²) in [6.07, 6.45) is 10.8. The van der Waals surface area contributed by atoms with Gasteiger partial charge in [0.05, 0.1) is 0 Å². The third-order valence-electron chi connectivity index (χ3n) is 6.64. The molecule has 0 amide bonds. The van der Waals surface area contributed by atoms with Crippen LogP contribution in [0, 0.1) is 29.6 Å². The smallest absolute Gasteiger partial charge is 0.0152 e. The second kappa shape index (κ2) is 5.04. The molecular formula is C17H30N2. The Balaban J connectivity index is 1.46. The van der Waals surface area contributed by atoms with Gasteiger partial charge < -0.3 is 5.32 Å². The van der Waals surface area contributed by atoms with Crippen LogP contribution in [-0.2, 0) is 0 Å². The predicted octanol–water partition coefficient (Wildman–Crippen LogP) is 2.74. The lowest BCUT2D eigenvalue weighted by atomic mass is 9.53. The van der Waals surface area contributed by atoms with Gasteiger partial charge in [-0.05, 0) is 94.7 Å². The van der Waals surface area contributed by atoms with E-state index in [1.54, 1.807) is 32.1 Å². The molecule has 1 saturated heterocycles. The molecule has 4 aliphatic carbocycles. The average molecular weight is 262 g/mol. The third kappa shape index (κ3) is 2.25. The van der Waals surface area contributed by atoms with Crippen molar-refractivity contribution in [3.05, 3.63) is 0 Å². The van der Waals surface area contributed by atoms with Crippen molar-refractivity contribution in [1.82, 2.24) is 10.2 Å². The first-order valence-electron chi connectivity index (χ1n) is 8.72. The molecule has 2 heteroatoms. The fourth-order valence-electron chi connectivity index (χ4n) is 6.32. The number of piperidine rings is 1. The fraction of sp³-hybridized carbons (Fsp3) is 1.00. The molecule has 1 unspecified atom stereocenters. The Kier molecular flexibility index (Phi) is 3.35. The minimum atomic E-state index is 0.913. The van der Waals surface area contributed by atoms with E-state index >= 15 is 0 Å². The van der Waals surface area contributed by atoms with Crippen LogP contribution in [0.3, 0.4) is 0 Å². The van der Waals surface area contributed by atoms with Crippen molar-refractivity contribution in [3.63, 3.8) is 0 Å². The maximum atomic E-state index is 3.40.